The van der Waals surface area contributed by atoms with E-state index >= 15 is 0 Å². The van der Waals surface area contributed by atoms with Crippen LogP contribution in [0.2, 0.25) is 5.02 Å². The van der Waals surface area contributed by atoms with Crippen molar-refractivity contribution in [3.63, 3.8) is 0 Å². The monoisotopic (exact) mass is 272 g/mol. The number of hydrogen-bond acceptors (Lipinski definition) is 3. The van der Waals surface area contributed by atoms with Gasteiger partial charge in [0.25, 0.3) is 0 Å². The molecule has 0 spiro atoms. The van der Waals surface area contributed by atoms with Crippen molar-refractivity contribution >= 4 is 11.6 Å². The summed E-state index contributed by atoms with van der Waals surface area (Å²) in [6, 6.07) is 1.85. The van der Waals surface area contributed by atoms with Crippen LogP contribution < -0.4 is 5.32 Å². The van der Waals surface area contributed by atoms with Crippen molar-refractivity contribution in [2.45, 2.75) is 31.5 Å². The van der Waals surface area contributed by atoms with E-state index in [1.807, 2.05) is 0 Å². The molecule has 1 aliphatic rings. The Labute approximate surface area is 112 Å². The van der Waals surface area contributed by atoms with Crippen molar-refractivity contribution in [1.29, 1.82) is 0 Å². The summed E-state index contributed by atoms with van der Waals surface area (Å²) in [5.41, 5.74) is -0.503. The molecule has 1 aliphatic heterocycles. The van der Waals surface area contributed by atoms with Gasteiger partial charge in [0.05, 0.1) is 18.2 Å². The molecule has 1 aromatic heterocycles. The molecule has 0 aliphatic carbocycles. The molecule has 0 radical (unpaired) electrons. The van der Waals surface area contributed by atoms with Gasteiger partial charge in [-0.05, 0) is 25.0 Å². The maximum atomic E-state index is 14.6. The van der Waals surface area contributed by atoms with Gasteiger partial charge in [0.15, 0.2) is 0 Å². The SMILES string of the molecule is CC(F)(Cc1ccncc1Cl)CC1COCCN1. The molecule has 1 saturated heterocycles. The number of nitrogens with zero attached hydrogens (tertiary/aromatic N) is 1. The van der Waals surface area contributed by atoms with E-state index in [2.05, 4.69) is 10.3 Å². The van der Waals surface area contributed by atoms with Gasteiger partial charge < -0.3 is 10.1 Å². The van der Waals surface area contributed by atoms with Crippen LogP contribution in [-0.2, 0) is 11.2 Å². The van der Waals surface area contributed by atoms with E-state index in [-0.39, 0.29) is 6.04 Å². The first kappa shape index (κ1) is 13.7. The Balaban J connectivity index is 1.96. The van der Waals surface area contributed by atoms with Gasteiger partial charge in [0.2, 0.25) is 0 Å². The van der Waals surface area contributed by atoms with Crippen LogP contribution in [0.5, 0.6) is 0 Å². The van der Waals surface area contributed by atoms with E-state index in [0.29, 0.717) is 31.1 Å². The van der Waals surface area contributed by atoms with E-state index in [0.717, 1.165) is 12.1 Å². The molecule has 1 N–H and O–H groups in total. The maximum Gasteiger partial charge on any atom is 0.113 e. The zero-order valence-electron chi connectivity index (χ0n) is 10.5. The molecular formula is C13H18ClFN2O. The molecule has 2 unspecified atom stereocenters. The van der Waals surface area contributed by atoms with Crippen LogP contribution >= 0.6 is 11.6 Å². The van der Waals surface area contributed by atoms with Gasteiger partial charge in [0.1, 0.15) is 5.67 Å². The van der Waals surface area contributed by atoms with Crippen LogP contribution in [0.4, 0.5) is 4.39 Å². The van der Waals surface area contributed by atoms with E-state index < -0.39 is 5.67 Å². The zero-order chi connectivity index (χ0) is 13.0. The summed E-state index contributed by atoms with van der Waals surface area (Å²) in [5, 5.41) is 3.79. The zero-order valence-corrected chi connectivity index (χ0v) is 11.2. The molecule has 3 nitrogen and oxygen atoms in total. The van der Waals surface area contributed by atoms with Crippen LogP contribution in [0.1, 0.15) is 18.9 Å². The number of nitrogens with one attached hydrogen (secondary N) is 1. The molecule has 0 saturated carbocycles. The Kier molecular flexibility index (Phi) is 4.54. The standard InChI is InChI=1S/C13H18ClFN2O/c1-13(15,7-11-9-18-5-4-17-11)6-10-2-3-16-8-12(10)14/h2-3,8,11,17H,4-7,9H2,1H3. The fraction of sp³-hybridized carbons (Fsp3) is 0.615. The van der Waals surface area contributed by atoms with Crippen molar-refractivity contribution in [3.8, 4) is 0 Å². The fourth-order valence-electron chi connectivity index (χ4n) is 2.28. The third-order valence-electron chi connectivity index (χ3n) is 3.09. The lowest BCUT2D eigenvalue weighted by Crippen LogP contribution is -2.45. The van der Waals surface area contributed by atoms with Gasteiger partial charge in [0, 0.05) is 31.4 Å². The number of rotatable bonds is 4. The highest BCUT2D eigenvalue weighted by molar-refractivity contribution is 6.31. The maximum absolute atomic E-state index is 14.6. The molecule has 18 heavy (non-hydrogen) atoms. The summed E-state index contributed by atoms with van der Waals surface area (Å²) in [6.07, 6.45) is 3.91. The fourth-order valence-corrected chi connectivity index (χ4v) is 2.47. The molecule has 0 bridgehead atoms. The number of alkyl halides is 1. The minimum absolute atomic E-state index is 0.0781. The third kappa shape index (κ3) is 3.90. The molecule has 0 aromatic carbocycles. The minimum atomic E-state index is -1.30. The van der Waals surface area contributed by atoms with Crippen molar-refractivity contribution in [3.05, 3.63) is 29.0 Å². The molecular weight excluding hydrogens is 255 g/mol. The number of morpholine rings is 1. The van der Waals surface area contributed by atoms with Crippen LogP contribution in [0, 0.1) is 0 Å². The topological polar surface area (TPSA) is 34.1 Å². The van der Waals surface area contributed by atoms with Crippen molar-refractivity contribution in [1.82, 2.24) is 10.3 Å². The quantitative estimate of drug-likeness (QED) is 0.914. The number of hydrogen-bond donors (Lipinski definition) is 1. The second kappa shape index (κ2) is 5.95. The van der Waals surface area contributed by atoms with E-state index in [4.69, 9.17) is 16.3 Å². The van der Waals surface area contributed by atoms with Gasteiger partial charge in [-0.1, -0.05) is 11.6 Å². The predicted molar refractivity (Wildman–Crippen MR) is 69.7 cm³/mol. The average Bonchev–Trinajstić information content (AvgIpc) is 2.32. The molecule has 1 fully saturated rings. The van der Waals surface area contributed by atoms with Gasteiger partial charge in [-0.3, -0.25) is 4.98 Å². The number of aromatic nitrogens is 1. The summed E-state index contributed by atoms with van der Waals surface area (Å²) in [7, 11) is 0. The van der Waals surface area contributed by atoms with Crippen LogP contribution in [0.15, 0.2) is 18.5 Å². The first-order chi connectivity index (χ1) is 8.57. The summed E-state index contributed by atoms with van der Waals surface area (Å²) in [5.74, 6) is 0. The smallest absolute Gasteiger partial charge is 0.113 e. The lowest BCUT2D eigenvalue weighted by Gasteiger charge is -2.30. The Morgan fingerprint density at radius 2 is 2.50 bits per heavy atom. The lowest BCUT2D eigenvalue weighted by atomic mass is 9.91. The normalized spacial score (nSPS) is 23.6. The van der Waals surface area contributed by atoms with Crippen LogP contribution in [0.3, 0.4) is 0 Å². The second-order valence-corrected chi connectivity index (χ2v) is 5.39. The molecule has 2 heterocycles. The molecule has 5 heteroatoms. The lowest BCUT2D eigenvalue weighted by molar-refractivity contribution is 0.0483. The predicted octanol–water partition coefficient (Wildman–Crippen LogP) is 2.38. The van der Waals surface area contributed by atoms with Crippen LogP contribution in [0.25, 0.3) is 0 Å². The van der Waals surface area contributed by atoms with Gasteiger partial charge in [-0.25, -0.2) is 4.39 Å². The summed E-state index contributed by atoms with van der Waals surface area (Å²) in [6.45, 7) is 3.68. The molecule has 2 atom stereocenters. The third-order valence-corrected chi connectivity index (χ3v) is 3.43. The summed E-state index contributed by atoms with van der Waals surface area (Å²) in [4.78, 5) is 3.90. The molecule has 1 aromatic rings. The Morgan fingerprint density at radius 3 is 3.17 bits per heavy atom. The Bertz CT molecular complexity index is 394. The molecule has 0 amide bonds. The van der Waals surface area contributed by atoms with Crippen molar-refractivity contribution < 1.29 is 9.13 Å². The average molecular weight is 273 g/mol. The van der Waals surface area contributed by atoms with E-state index in [9.17, 15) is 4.39 Å². The Morgan fingerprint density at radius 1 is 1.67 bits per heavy atom. The van der Waals surface area contributed by atoms with E-state index in [1.54, 1.807) is 25.4 Å². The Hall–Kier alpha value is -0.710. The van der Waals surface area contributed by atoms with E-state index in [1.165, 1.54) is 0 Å². The summed E-state index contributed by atoms with van der Waals surface area (Å²) >= 11 is 6.00. The number of halogens is 2. The molecule has 2 rings (SSSR count). The van der Waals surface area contributed by atoms with Gasteiger partial charge in [-0.15, -0.1) is 0 Å². The summed E-state index contributed by atoms with van der Waals surface area (Å²) < 4.78 is 19.9. The van der Waals surface area contributed by atoms with Crippen molar-refractivity contribution in [2.24, 2.45) is 0 Å². The van der Waals surface area contributed by atoms with Gasteiger partial charge >= 0.3 is 0 Å². The highest BCUT2D eigenvalue weighted by Gasteiger charge is 2.29. The first-order valence-corrected chi connectivity index (χ1v) is 6.53. The van der Waals surface area contributed by atoms with Crippen molar-refractivity contribution in [2.75, 3.05) is 19.8 Å². The second-order valence-electron chi connectivity index (χ2n) is 4.99. The van der Waals surface area contributed by atoms with Gasteiger partial charge in [-0.2, -0.15) is 0 Å². The minimum Gasteiger partial charge on any atom is -0.379 e. The number of ether oxygens (including phenoxy) is 1. The highest BCUT2D eigenvalue weighted by Crippen LogP contribution is 2.27. The number of pyridine rings is 1. The van der Waals surface area contributed by atoms with Crippen LogP contribution in [-0.4, -0.2) is 36.5 Å². The first-order valence-electron chi connectivity index (χ1n) is 6.15. The molecule has 100 valence electrons. The highest BCUT2D eigenvalue weighted by atomic mass is 35.5. The largest absolute Gasteiger partial charge is 0.379 e.